The van der Waals surface area contributed by atoms with Crippen LogP contribution in [0, 0.1) is 0 Å². The van der Waals surface area contributed by atoms with Gasteiger partial charge in [-0.15, -0.1) is 11.3 Å². The first-order valence-electron chi connectivity index (χ1n) is 5.54. The predicted molar refractivity (Wildman–Crippen MR) is 66.2 cm³/mol. The molecule has 0 amide bonds. The van der Waals surface area contributed by atoms with Gasteiger partial charge < -0.3 is 0 Å². The number of aryl methyl sites for hydroxylation is 2. The van der Waals surface area contributed by atoms with Crippen molar-refractivity contribution in [2.75, 3.05) is 0 Å². The van der Waals surface area contributed by atoms with Crippen LogP contribution < -0.4 is 0 Å². The Balaban J connectivity index is 1.99. The van der Waals surface area contributed by atoms with Gasteiger partial charge in [-0.25, -0.2) is 0 Å². The number of hydrogen-bond donors (Lipinski definition) is 0. The Hall–Kier alpha value is -1.41. The van der Waals surface area contributed by atoms with Gasteiger partial charge >= 0.3 is 0 Å². The van der Waals surface area contributed by atoms with Crippen molar-refractivity contribution in [3.05, 3.63) is 57.3 Å². The lowest BCUT2D eigenvalue weighted by atomic mass is 10.0. The summed E-state index contributed by atoms with van der Waals surface area (Å²) in [6.45, 7) is 0. The van der Waals surface area contributed by atoms with Crippen LogP contribution in [0.3, 0.4) is 0 Å². The first kappa shape index (κ1) is 9.79. The summed E-state index contributed by atoms with van der Waals surface area (Å²) < 4.78 is 0. The molecule has 0 saturated heterocycles. The third-order valence-corrected chi connectivity index (χ3v) is 3.97. The topological polar surface area (TPSA) is 17.1 Å². The number of carbonyl (C=O) groups excluding carboxylic acids is 1. The molecule has 0 atom stereocenters. The lowest BCUT2D eigenvalue weighted by molar-refractivity contribution is 0.104. The molecule has 0 unspecified atom stereocenters. The molecule has 3 rings (SSSR count). The Morgan fingerprint density at radius 3 is 2.81 bits per heavy atom. The molecule has 0 saturated carbocycles. The van der Waals surface area contributed by atoms with Gasteiger partial charge in [-0.3, -0.25) is 4.79 Å². The van der Waals surface area contributed by atoms with Crippen molar-refractivity contribution in [2.24, 2.45) is 0 Å². The van der Waals surface area contributed by atoms with Crippen LogP contribution in [0.25, 0.3) is 0 Å². The highest BCUT2D eigenvalue weighted by Gasteiger charge is 2.15. The summed E-state index contributed by atoms with van der Waals surface area (Å²) in [7, 11) is 0. The van der Waals surface area contributed by atoms with E-state index in [0.717, 1.165) is 16.9 Å². The lowest BCUT2D eigenvalue weighted by Gasteiger charge is -2.02. The lowest BCUT2D eigenvalue weighted by Crippen LogP contribution is -1.99. The van der Waals surface area contributed by atoms with Crippen LogP contribution in [0.2, 0.25) is 0 Å². The molecule has 2 heteroatoms. The van der Waals surface area contributed by atoms with Gasteiger partial charge in [0, 0.05) is 5.56 Å². The monoisotopic (exact) mass is 228 g/mol. The quantitative estimate of drug-likeness (QED) is 0.719. The van der Waals surface area contributed by atoms with Crippen molar-refractivity contribution < 1.29 is 4.79 Å². The Labute approximate surface area is 98.7 Å². The van der Waals surface area contributed by atoms with Gasteiger partial charge in [0.25, 0.3) is 0 Å². The van der Waals surface area contributed by atoms with Gasteiger partial charge in [-0.1, -0.05) is 18.2 Å². The Morgan fingerprint density at radius 1 is 1.12 bits per heavy atom. The zero-order chi connectivity index (χ0) is 11.0. The maximum absolute atomic E-state index is 12.1. The average Bonchev–Trinajstić information content (AvgIpc) is 2.98. The number of thiophene rings is 1. The molecule has 0 radical (unpaired) electrons. The fourth-order valence-corrected chi connectivity index (χ4v) is 2.95. The summed E-state index contributed by atoms with van der Waals surface area (Å²) in [4.78, 5) is 12.9. The fourth-order valence-electron chi connectivity index (χ4n) is 2.26. The smallest absolute Gasteiger partial charge is 0.202 e. The minimum atomic E-state index is 0.157. The molecule has 0 bridgehead atoms. The van der Waals surface area contributed by atoms with Gasteiger partial charge in [0.1, 0.15) is 0 Å². The molecule has 2 aromatic rings. The van der Waals surface area contributed by atoms with E-state index in [0.29, 0.717) is 0 Å². The Bertz CT molecular complexity index is 526. The molecular formula is C14H12OS. The third-order valence-electron chi connectivity index (χ3n) is 3.11. The van der Waals surface area contributed by atoms with Gasteiger partial charge in [-0.2, -0.15) is 0 Å². The molecule has 1 aromatic carbocycles. The number of ketones is 1. The third kappa shape index (κ3) is 1.59. The number of rotatable bonds is 2. The summed E-state index contributed by atoms with van der Waals surface area (Å²) in [5.41, 5.74) is 3.62. The number of hydrogen-bond acceptors (Lipinski definition) is 2. The maximum Gasteiger partial charge on any atom is 0.202 e. The first-order valence-corrected chi connectivity index (χ1v) is 6.42. The highest BCUT2D eigenvalue weighted by atomic mass is 32.1. The molecule has 1 aromatic heterocycles. The van der Waals surface area contributed by atoms with Crippen molar-refractivity contribution in [2.45, 2.75) is 19.3 Å². The molecular weight excluding hydrogens is 216 g/mol. The van der Waals surface area contributed by atoms with Crippen LogP contribution in [0.4, 0.5) is 0 Å². The van der Waals surface area contributed by atoms with E-state index < -0.39 is 0 Å². The molecule has 0 N–H and O–H groups in total. The second-order valence-corrected chi connectivity index (χ2v) is 5.09. The first-order chi connectivity index (χ1) is 7.84. The maximum atomic E-state index is 12.1. The second-order valence-electron chi connectivity index (χ2n) is 4.14. The largest absolute Gasteiger partial charge is 0.288 e. The fraction of sp³-hybridized carbons (Fsp3) is 0.214. The molecule has 0 aliphatic heterocycles. The highest BCUT2D eigenvalue weighted by Crippen LogP contribution is 2.24. The van der Waals surface area contributed by atoms with Crippen molar-refractivity contribution in [1.82, 2.24) is 0 Å². The number of benzene rings is 1. The van der Waals surface area contributed by atoms with Gasteiger partial charge in [-0.05, 0) is 47.9 Å². The van der Waals surface area contributed by atoms with Gasteiger partial charge in [0.05, 0.1) is 4.88 Å². The van der Waals surface area contributed by atoms with Crippen LogP contribution in [0.5, 0.6) is 0 Å². The molecule has 1 aliphatic carbocycles. The summed E-state index contributed by atoms with van der Waals surface area (Å²) in [5, 5.41) is 1.95. The minimum absolute atomic E-state index is 0.157. The normalized spacial score (nSPS) is 13.8. The molecule has 1 heterocycles. The Morgan fingerprint density at radius 2 is 2.00 bits per heavy atom. The van der Waals surface area contributed by atoms with Crippen molar-refractivity contribution in [1.29, 1.82) is 0 Å². The molecule has 80 valence electrons. The van der Waals surface area contributed by atoms with Crippen LogP contribution >= 0.6 is 11.3 Å². The Kier molecular flexibility index (Phi) is 2.37. The van der Waals surface area contributed by atoms with Gasteiger partial charge in [0.2, 0.25) is 5.78 Å². The SMILES string of the molecule is O=C(c1ccc2c(c1)CCC2)c1cccs1. The summed E-state index contributed by atoms with van der Waals surface area (Å²) in [6.07, 6.45) is 3.52. The summed E-state index contributed by atoms with van der Waals surface area (Å²) in [6, 6.07) is 9.96. The summed E-state index contributed by atoms with van der Waals surface area (Å²) in [5.74, 6) is 0.157. The van der Waals surface area contributed by atoms with Gasteiger partial charge in [0.15, 0.2) is 0 Å². The second kappa shape index (κ2) is 3.87. The standard InChI is InChI=1S/C14H12OS/c15-14(13-5-2-8-16-13)12-7-6-10-3-1-4-11(10)9-12/h2,5-9H,1,3-4H2. The van der Waals surface area contributed by atoms with Crippen molar-refractivity contribution in [3.8, 4) is 0 Å². The highest BCUT2D eigenvalue weighted by molar-refractivity contribution is 7.12. The molecule has 0 spiro atoms. The molecule has 0 fully saturated rings. The van der Waals surface area contributed by atoms with Crippen LogP contribution in [-0.4, -0.2) is 5.78 Å². The van der Waals surface area contributed by atoms with Crippen LogP contribution in [-0.2, 0) is 12.8 Å². The van der Waals surface area contributed by atoms with Crippen LogP contribution in [0.15, 0.2) is 35.7 Å². The summed E-state index contributed by atoms with van der Waals surface area (Å²) >= 11 is 1.51. The van der Waals surface area contributed by atoms with E-state index in [-0.39, 0.29) is 5.78 Å². The zero-order valence-corrected chi connectivity index (χ0v) is 9.72. The van der Waals surface area contributed by atoms with E-state index in [2.05, 4.69) is 12.1 Å². The average molecular weight is 228 g/mol. The van der Waals surface area contributed by atoms with E-state index >= 15 is 0 Å². The molecule has 16 heavy (non-hydrogen) atoms. The predicted octanol–water partition coefficient (Wildman–Crippen LogP) is 3.47. The zero-order valence-electron chi connectivity index (χ0n) is 8.90. The molecule has 1 aliphatic rings. The van der Waals surface area contributed by atoms with E-state index in [9.17, 15) is 4.79 Å². The van der Waals surface area contributed by atoms with Crippen molar-refractivity contribution >= 4 is 17.1 Å². The minimum Gasteiger partial charge on any atom is -0.288 e. The molecule has 1 nitrogen and oxygen atoms in total. The van der Waals surface area contributed by atoms with E-state index in [1.54, 1.807) is 0 Å². The number of carbonyl (C=O) groups is 1. The van der Waals surface area contributed by atoms with E-state index in [4.69, 9.17) is 0 Å². The van der Waals surface area contributed by atoms with E-state index in [1.807, 2.05) is 23.6 Å². The van der Waals surface area contributed by atoms with Crippen molar-refractivity contribution in [3.63, 3.8) is 0 Å². The van der Waals surface area contributed by atoms with E-state index in [1.165, 1.54) is 35.3 Å². The number of fused-ring (bicyclic) bond motifs is 1. The van der Waals surface area contributed by atoms with Crippen LogP contribution in [0.1, 0.15) is 32.8 Å².